The standard InChI is InChI=1S/C19H24F6N2O2/c1-4-16-8-15(10-27(16)17(28)29-11(2)3)26-9-12-5-13(18(20,21)22)7-14(6-12)19(23,24)25/h5-7,11,15-16,26H,4,8-10H2,1-3H3/t15-,16+/m0/s1. The normalized spacial score (nSPS) is 20.4. The number of carbonyl (C=O) groups is 1. The van der Waals surface area contributed by atoms with Crippen LogP contribution in [0.1, 0.15) is 50.3 Å². The van der Waals surface area contributed by atoms with Crippen LogP contribution in [0.15, 0.2) is 18.2 Å². The van der Waals surface area contributed by atoms with Crippen molar-refractivity contribution in [2.45, 2.75) is 70.7 Å². The van der Waals surface area contributed by atoms with Gasteiger partial charge in [0.05, 0.1) is 17.2 Å². The van der Waals surface area contributed by atoms with Crippen LogP contribution in [0.4, 0.5) is 31.1 Å². The van der Waals surface area contributed by atoms with Crippen LogP contribution in [0.5, 0.6) is 0 Å². The summed E-state index contributed by atoms with van der Waals surface area (Å²) in [7, 11) is 0. The fourth-order valence-electron chi connectivity index (χ4n) is 3.33. The molecule has 29 heavy (non-hydrogen) atoms. The number of ether oxygens (including phenoxy) is 1. The highest BCUT2D eigenvalue weighted by molar-refractivity contribution is 5.68. The molecule has 1 fully saturated rings. The van der Waals surface area contributed by atoms with Crippen LogP contribution in [0.3, 0.4) is 0 Å². The Hall–Kier alpha value is -1.97. The van der Waals surface area contributed by atoms with E-state index >= 15 is 0 Å². The average molecular weight is 426 g/mol. The summed E-state index contributed by atoms with van der Waals surface area (Å²) in [4.78, 5) is 13.7. The lowest BCUT2D eigenvalue weighted by Crippen LogP contribution is -2.38. The van der Waals surface area contributed by atoms with Crippen molar-refractivity contribution >= 4 is 6.09 Å². The van der Waals surface area contributed by atoms with Crippen molar-refractivity contribution < 1.29 is 35.9 Å². The molecule has 2 atom stereocenters. The molecule has 1 aromatic carbocycles. The summed E-state index contributed by atoms with van der Waals surface area (Å²) >= 11 is 0. The van der Waals surface area contributed by atoms with E-state index in [1.165, 1.54) is 0 Å². The second-order valence-electron chi connectivity index (χ2n) is 7.37. The van der Waals surface area contributed by atoms with Gasteiger partial charge in [0.1, 0.15) is 0 Å². The van der Waals surface area contributed by atoms with E-state index in [0.29, 0.717) is 25.0 Å². The van der Waals surface area contributed by atoms with Crippen LogP contribution in [-0.4, -0.2) is 35.7 Å². The third-order valence-electron chi connectivity index (χ3n) is 4.70. The second-order valence-corrected chi connectivity index (χ2v) is 7.37. The van der Waals surface area contributed by atoms with Gasteiger partial charge in [-0.1, -0.05) is 6.92 Å². The topological polar surface area (TPSA) is 41.6 Å². The molecule has 0 unspecified atom stereocenters. The average Bonchev–Trinajstić information content (AvgIpc) is 3.01. The lowest BCUT2D eigenvalue weighted by molar-refractivity contribution is -0.143. The number of nitrogens with zero attached hydrogens (tertiary/aromatic N) is 1. The predicted octanol–water partition coefficient (Wildman–Crippen LogP) is 5.21. The Labute approximate surface area is 165 Å². The summed E-state index contributed by atoms with van der Waals surface area (Å²) in [5.74, 6) is 0. The Kier molecular flexibility index (Phi) is 7.08. The molecule has 1 saturated heterocycles. The number of hydrogen-bond donors (Lipinski definition) is 1. The highest BCUT2D eigenvalue weighted by Gasteiger charge is 2.38. The molecule has 1 aromatic rings. The summed E-state index contributed by atoms with van der Waals surface area (Å²) in [6.45, 7) is 5.43. The van der Waals surface area contributed by atoms with E-state index in [2.05, 4.69) is 5.32 Å². The van der Waals surface area contributed by atoms with Crippen LogP contribution in [-0.2, 0) is 23.6 Å². The molecule has 0 radical (unpaired) electrons. The SMILES string of the molecule is CC[C@@H]1C[C@H](NCc2cc(C(F)(F)F)cc(C(F)(F)F)c2)CN1C(=O)OC(C)C. The van der Waals surface area contributed by atoms with Crippen molar-refractivity contribution in [2.75, 3.05) is 6.54 Å². The fourth-order valence-corrected chi connectivity index (χ4v) is 3.33. The molecule has 1 amide bonds. The smallest absolute Gasteiger partial charge is 0.416 e. The van der Waals surface area contributed by atoms with Crippen LogP contribution in [0, 0.1) is 0 Å². The molecule has 0 spiro atoms. The first kappa shape index (κ1) is 23.3. The van der Waals surface area contributed by atoms with Crippen LogP contribution in [0.2, 0.25) is 0 Å². The molecule has 0 aliphatic carbocycles. The van der Waals surface area contributed by atoms with Crippen molar-refractivity contribution in [3.05, 3.63) is 34.9 Å². The third-order valence-corrected chi connectivity index (χ3v) is 4.70. The number of nitrogens with one attached hydrogen (secondary N) is 1. The van der Waals surface area contributed by atoms with Crippen molar-refractivity contribution in [3.8, 4) is 0 Å². The molecule has 1 heterocycles. The maximum Gasteiger partial charge on any atom is 0.416 e. The van der Waals surface area contributed by atoms with E-state index in [4.69, 9.17) is 4.74 Å². The van der Waals surface area contributed by atoms with Crippen LogP contribution >= 0.6 is 0 Å². The molecular formula is C19H24F6N2O2. The second kappa shape index (κ2) is 8.81. The molecular weight excluding hydrogens is 402 g/mol. The first-order valence-electron chi connectivity index (χ1n) is 9.30. The minimum absolute atomic E-state index is 0.106. The molecule has 0 saturated carbocycles. The molecule has 1 aliphatic heterocycles. The number of hydrogen-bond acceptors (Lipinski definition) is 3. The number of benzene rings is 1. The summed E-state index contributed by atoms with van der Waals surface area (Å²) in [6.07, 6.45) is -9.34. The van der Waals surface area contributed by atoms with Gasteiger partial charge < -0.3 is 15.0 Å². The Morgan fingerprint density at radius 2 is 1.69 bits per heavy atom. The van der Waals surface area contributed by atoms with Gasteiger partial charge in [-0.15, -0.1) is 0 Å². The Morgan fingerprint density at radius 3 is 2.14 bits per heavy atom. The third kappa shape index (κ3) is 6.25. The van der Waals surface area contributed by atoms with Crippen molar-refractivity contribution in [3.63, 3.8) is 0 Å². The minimum Gasteiger partial charge on any atom is -0.447 e. The van der Waals surface area contributed by atoms with E-state index in [1.807, 2.05) is 6.92 Å². The van der Waals surface area contributed by atoms with E-state index in [9.17, 15) is 31.1 Å². The monoisotopic (exact) mass is 426 g/mol. The fraction of sp³-hybridized carbons (Fsp3) is 0.632. The van der Waals surface area contributed by atoms with Gasteiger partial charge in [0.15, 0.2) is 0 Å². The van der Waals surface area contributed by atoms with Gasteiger partial charge in [-0.2, -0.15) is 26.3 Å². The van der Waals surface area contributed by atoms with Crippen LogP contribution < -0.4 is 5.32 Å². The molecule has 10 heteroatoms. The highest BCUT2D eigenvalue weighted by Crippen LogP contribution is 2.36. The Morgan fingerprint density at radius 1 is 1.14 bits per heavy atom. The van der Waals surface area contributed by atoms with E-state index in [1.54, 1.807) is 18.7 Å². The summed E-state index contributed by atoms with van der Waals surface area (Å²) in [5.41, 5.74) is -2.81. The molecule has 0 aromatic heterocycles. The molecule has 2 rings (SSSR count). The van der Waals surface area contributed by atoms with Gasteiger partial charge in [0.2, 0.25) is 0 Å². The zero-order valence-corrected chi connectivity index (χ0v) is 16.3. The molecule has 1 aliphatic rings. The largest absolute Gasteiger partial charge is 0.447 e. The zero-order valence-electron chi connectivity index (χ0n) is 16.3. The van der Waals surface area contributed by atoms with Gasteiger partial charge >= 0.3 is 18.4 Å². The summed E-state index contributed by atoms with van der Waals surface area (Å²) < 4.78 is 83.0. The van der Waals surface area contributed by atoms with Crippen molar-refractivity contribution in [1.29, 1.82) is 0 Å². The van der Waals surface area contributed by atoms with Crippen molar-refractivity contribution in [2.24, 2.45) is 0 Å². The summed E-state index contributed by atoms with van der Waals surface area (Å²) in [5, 5.41) is 2.97. The first-order valence-corrected chi connectivity index (χ1v) is 9.30. The van der Waals surface area contributed by atoms with Gasteiger partial charge in [0.25, 0.3) is 0 Å². The van der Waals surface area contributed by atoms with E-state index in [-0.39, 0.29) is 42.9 Å². The van der Waals surface area contributed by atoms with E-state index in [0.717, 1.165) is 0 Å². The highest BCUT2D eigenvalue weighted by atomic mass is 19.4. The molecule has 1 N–H and O–H groups in total. The molecule has 164 valence electrons. The number of halogens is 6. The number of likely N-dealkylation sites (tertiary alicyclic amines) is 1. The van der Waals surface area contributed by atoms with Gasteiger partial charge in [0, 0.05) is 25.2 Å². The maximum absolute atomic E-state index is 13.0. The molecule has 4 nitrogen and oxygen atoms in total. The van der Waals surface area contributed by atoms with Gasteiger partial charge in [-0.3, -0.25) is 0 Å². The quantitative estimate of drug-likeness (QED) is 0.657. The predicted molar refractivity (Wildman–Crippen MR) is 94.1 cm³/mol. The van der Waals surface area contributed by atoms with Crippen LogP contribution in [0.25, 0.3) is 0 Å². The lowest BCUT2D eigenvalue weighted by atomic mass is 10.0. The number of rotatable bonds is 5. The number of amides is 1. The first-order chi connectivity index (χ1) is 13.3. The van der Waals surface area contributed by atoms with Gasteiger partial charge in [-0.25, -0.2) is 4.79 Å². The Bertz CT molecular complexity index is 685. The number of carbonyl (C=O) groups excluding carboxylic acids is 1. The lowest BCUT2D eigenvalue weighted by Gasteiger charge is -2.23. The number of alkyl halides is 6. The summed E-state index contributed by atoms with van der Waals surface area (Å²) in [6, 6.07) is 1.16. The minimum atomic E-state index is -4.88. The maximum atomic E-state index is 13.0. The van der Waals surface area contributed by atoms with Crippen molar-refractivity contribution in [1.82, 2.24) is 10.2 Å². The Balaban J connectivity index is 2.12. The zero-order chi connectivity index (χ0) is 22.0. The van der Waals surface area contributed by atoms with E-state index < -0.39 is 29.6 Å². The molecule has 0 bridgehead atoms. The van der Waals surface area contributed by atoms with Gasteiger partial charge in [-0.05, 0) is 50.5 Å².